The molecule has 84 valence electrons. The highest BCUT2D eigenvalue weighted by molar-refractivity contribution is 5.56. The second kappa shape index (κ2) is 5.61. The molecule has 3 nitrogen and oxygen atoms in total. The van der Waals surface area contributed by atoms with Crippen molar-refractivity contribution in [1.82, 2.24) is 0 Å². The van der Waals surface area contributed by atoms with Gasteiger partial charge in [-0.25, -0.2) is 0 Å². The number of anilines is 1. The van der Waals surface area contributed by atoms with Gasteiger partial charge in [0.15, 0.2) is 0 Å². The number of hydrogen-bond donors (Lipinski definition) is 2. The molecule has 0 aliphatic rings. The second-order valence-electron chi connectivity index (χ2n) is 3.60. The van der Waals surface area contributed by atoms with E-state index in [4.69, 9.17) is 4.74 Å². The molecule has 0 aliphatic heterocycles. The summed E-state index contributed by atoms with van der Waals surface area (Å²) in [7, 11) is 0. The van der Waals surface area contributed by atoms with Gasteiger partial charge in [-0.05, 0) is 32.9 Å². The van der Waals surface area contributed by atoms with Crippen LogP contribution in [-0.4, -0.2) is 23.9 Å². The molecule has 0 aromatic heterocycles. The van der Waals surface area contributed by atoms with Gasteiger partial charge in [-0.15, -0.1) is 0 Å². The molecule has 1 rings (SSSR count). The lowest BCUT2D eigenvalue weighted by atomic mass is 10.2. The first-order valence-electron chi connectivity index (χ1n) is 5.31. The standard InChI is InChI=1S/C12H19NO2/c1-4-15-12-8-6-5-7-11(12)13-9(2)10(3)14/h5-10,13-14H,4H2,1-3H3. The molecule has 0 fully saturated rings. The van der Waals surface area contributed by atoms with Crippen LogP contribution in [0.25, 0.3) is 0 Å². The predicted molar refractivity (Wildman–Crippen MR) is 62.4 cm³/mol. The fraction of sp³-hybridized carbons (Fsp3) is 0.500. The summed E-state index contributed by atoms with van der Waals surface area (Å²) in [6.07, 6.45) is -0.389. The van der Waals surface area contributed by atoms with Gasteiger partial charge in [0.05, 0.1) is 18.4 Å². The smallest absolute Gasteiger partial charge is 0.142 e. The number of para-hydroxylation sites is 2. The monoisotopic (exact) mass is 209 g/mol. The Balaban J connectivity index is 2.74. The van der Waals surface area contributed by atoms with Crippen molar-refractivity contribution in [3.63, 3.8) is 0 Å². The lowest BCUT2D eigenvalue weighted by molar-refractivity contribution is 0.177. The highest BCUT2D eigenvalue weighted by Gasteiger charge is 2.10. The highest BCUT2D eigenvalue weighted by Crippen LogP contribution is 2.24. The Morgan fingerprint density at radius 2 is 2.00 bits per heavy atom. The van der Waals surface area contributed by atoms with Crippen molar-refractivity contribution in [2.75, 3.05) is 11.9 Å². The van der Waals surface area contributed by atoms with Crippen LogP contribution in [0.4, 0.5) is 5.69 Å². The first-order valence-corrected chi connectivity index (χ1v) is 5.31. The molecule has 0 radical (unpaired) electrons. The van der Waals surface area contributed by atoms with Crippen molar-refractivity contribution in [2.45, 2.75) is 32.9 Å². The van der Waals surface area contributed by atoms with Gasteiger partial charge in [-0.2, -0.15) is 0 Å². The number of rotatable bonds is 5. The number of nitrogens with one attached hydrogen (secondary N) is 1. The van der Waals surface area contributed by atoms with Gasteiger partial charge in [0.2, 0.25) is 0 Å². The van der Waals surface area contributed by atoms with Gasteiger partial charge in [0.1, 0.15) is 5.75 Å². The van der Waals surface area contributed by atoms with Gasteiger partial charge in [0, 0.05) is 6.04 Å². The molecule has 0 bridgehead atoms. The summed E-state index contributed by atoms with van der Waals surface area (Å²) in [4.78, 5) is 0. The maximum atomic E-state index is 9.40. The summed E-state index contributed by atoms with van der Waals surface area (Å²) in [5, 5.41) is 12.6. The number of hydrogen-bond acceptors (Lipinski definition) is 3. The van der Waals surface area contributed by atoms with E-state index in [1.54, 1.807) is 6.92 Å². The van der Waals surface area contributed by atoms with Crippen molar-refractivity contribution in [1.29, 1.82) is 0 Å². The second-order valence-corrected chi connectivity index (χ2v) is 3.60. The van der Waals surface area contributed by atoms with Crippen LogP contribution >= 0.6 is 0 Å². The maximum Gasteiger partial charge on any atom is 0.142 e. The molecule has 15 heavy (non-hydrogen) atoms. The average molecular weight is 209 g/mol. The van der Waals surface area contributed by atoms with E-state index < -0.39 is 0 Å². The lowest BCUT2D eigenvalue weighted by Gasteiger charge is -2.19. The van der Waals surface area contributed by atoms with Crippen molar-refractivity contribution in [2.24, 2.45) is 0 Å². The third-order valence-electron chi connectivity index (χ3n) is 2.29. The van der Waals surface area contributed by atoms with Gasteiger partial charge >= 0.3 is 0 Å². The van der Waals surface area contributed by atoms with Crippen LogP contribution in [0.1, 0.15) is 20.8 Å². The minimum absolute atomic E-state index is 0.00612. The van der Waals surface area contributed by atoms with E-state index in [0.717, 1.165) is 11.4 Å². The van der Waals surface area contributed by atoms with Crippen LogP contribution in [-0.2, 0) is 0 Å². The quantitative estimate of drug-likeness (QED) is 0.781. The molecular weight excluding hydrogens is 190 g/mol. The predicted octanol–water partition coefficient (Wildman–Crippen LogP) is 2.27. The minimum Gasteiger partial charge on any atom is -0.492 e. The van der Waals surface area contributed by atoms with Crippen LogP contribution < -0.4 is 10.1 Å². The zero-order valence-corrected chi connectivity index (χ0v) is 9.53. The van der Waals surface area contributed by atoms with Gasteiger partial charge in [-0.1, -0.05) is 12.1 Å². The zero-order chi connectivity index (χ0) is 11.3. The maximum absolute atomic E-state index is 9.40. The number of benzene rings is 1. The first-order chi connectivity index (χ1) is 7.15. The van der Waals surface area contributed by atoms with Crippen molar-refractivity contribution < 1.29 is 9.84 Å². The average Bonchev–Trinajstić information content (AvgIpc) is 2.21. The molecular formula is C12H19NO2. The molecule has 0 saturated carbocycles. The Morgan fingerprint density at radius 1 is 1.33 bits per heavy atom. The van der Waals surface area contributed by atoms with E-state index in [-0.39, 0.29) is 12.1 Å². The third-order valence-corrected chi connectivity index (χ3v) is 2.29. The number of aliphatic hydroxyl groups is 1. The van der Waals surface area contributed by atoms with Crippen LogP contribution in [0.5, 0.6) is 5.75 Å². The molecule has 0 spiro atoms. The molecule has 0 amide bonds. The fourth-order valence-corrected chi connectivity index (χ4v) is 1.23. The van der Waals surface area contributed by atoms with Crippen LogP contribution in [0, 0.1) is 0 Å². The molecule has 1 aromatic carbocycles. The van der Waals surface area contributed by atoms with Gasteiger partial charge < -0.3 is 15.2 Å². The lowest BCUT2D eigenvalue weighted by Crippen LogP contribution is -2.28. The van der Waals surface area contributed by atoms with Gasteiger partial charge in [-0.3, -0.25) is 0 Å². The van der Waals surface area contributed by atoms with Crippen LogP contribution in [0.3, 0.4) is 0 Å². The molecule has 0 aliphatic carbocycles. The van der Waals surface area contributed by atoms with Crippen LogP contribution in [0.2, 0.25) is 0 Å². The van der Waals surface area contributed by atoms with Crippen molar-refractivity contribution >= 4 is 5.69 Å². The fourth-order valence-electron chi connectivity index (χ4n) is 1.23. The SMILES string of the molecule is CCOc1ccccc1NC(C)C(C)O. The molecule has 2 N–H and O–H groups in total. The topological polar surface area (TPSA) is 41.5 Å². The summed E-state index contributed by atoms with van der Waals surface area (Å²) >= 11 is 0. The summed E-state index contributed by atoms with van der Waals surface area (Å²) in [5.74, 6) is 0.826. The Labute approximate surface area is 91.1 Å². The molecule has 3 heteroatoms. The number of aliphatic hydroxyl groups excluding tert-OH is 1. The van der Waals surface area contributed by atoms with Crippen LogP contribution in [0.15, 0.2) is 24.3 Å². The first kappa shape index (κ1) is 11.9. The molecule has 0 saturated heterocycles. The van der Waals surface area contributed by atoms with E-state index in [9.17, 15) is 5.11 Å². The molecule has 2 atom stereocenters. The van der Waals surface area contributed by atoms with E-state index in [0.29, 0.717) is 6.61 Å². The summed E-state index contributed by atoms with van der Waals surface area (Å²) in [5.41, 5.74) is 0.924. The van der Waals surface area contributed by atoms with Crippen molar-refractivity contribution in [3.05, 3.63) is 24.3 Å². The minimum atomic E-state index is -0.389. The largest absolute Gasteiger partial charge is 0.492 e. The molecule has 2 unspecified atom stereocenters. The molecule has 0 heterocycles. The van der Waals surface area contributed by atoms with E-state index >= 15 is 0 Å². The third kappa shape index (κ3) is 3.44. The van der Waals surface area contributed by atoms with E-state index in [2.05, 4.69) is 5.32 Å². The Kier molecular flexibility index (Phi) is 4.43. The summed E-state index contributed by atoms with van der Waals surface area (Å²) in [6, 6.07) is 7.75. The normalized spacial score (nSPS) is 14.4. The highest BCUT2D eigenvalue weighted by atomic mass is 16.5. The Hall–Kier alpha value is -1.22. The Bertz CT molecular complexity index is 299. The summed E-state index contributed by atoms with van der Waals surface area (Å²) < 4.78 is 5.47. The summed E-state index contributed by atoms with van der Waals surface area (Å²) in [6.45, 7) is 6.30. The van der Waals surface area contributed by atoms with Gasteiger partial charge in [0.25, 0.3) is 0 Å². The van der Waals surface area contributed by atoms with Crippen molar-refractivity contribution in [3.8, 4) is 5.75 Å². The zero-order valence-electron chi connectivity index (χ0n) is 9.53. The Morgan fingerprint density at radius 3 is 2.60 bits per heavy atom. The van der Waals surface area contributed by atoms with E-state index in [1.165, 1.54) is 0 Å². The molecule has 1 aromatic rings. The number of ether oxygens (including phenoxy) is 1. The van der Waals surface area contributed by atoms with E-state index in [1.807, 2.05) is 38.1 Å².